The van der Waals surface area contributed by atoms with E-state index in [-0.39, 0.29) is 0 Å². The maximum Gasteiger partial charge on any atom is 0.0406 e. The second-order valence-corrected chi connectivity index (χ2v) is 5.24. The van der Waals surface area contributed by atoms with Crippen LogP contribution in [0.3, 0.4) is 0 Å². The van der Waals surface area contributed by atoms with Gasteiger partial charge in [-0.2, -0.15) is 0 Å². The average Bonchev–Trinajstić information content (AvgIpc) is 2.33. The van der Waals surface area contributed by atoms with Gasteiger partial charge in [0.2, 0.25) is 0 Å². The maximum absolute atomic E-state index is 5.87. The van der Waals surface area contributed by atoms with E-state index in [2.05, 4.69) is 41.1 Å². The van der Waals surface area contributed by atoms with Gasteiger partial charge in [0, 0.05) is 9.50 Å². The first-order valence-electron chi connectivity index (χ1n) is 5.35. The van der Waals surface area contributed by atoms with Gasteiger partial charge in [-0.1, -0.05) is 57.9 Å². The molecule has 0 fully saturated rings. The zero-order chi connectivity index (χ0) is 12.3. The van der Waals surface area contributed by atoms with Gasteiger partial charge in [0.1, 0.15) is 0 Å². The molecule has 0 aliphatic heterocycles. The van der Waals surface area contributed by atoms with Crippen molar-refractivity contribution in [2.75, 3.05) is 0 Å². The molecule has 2 aromatic rings. The maximum atomic E-state index is 5.87. The van der Waals surface area contributed by atoms with E-state index in [4.69, 9.17) is 11.6 Å². The van der Waals surface area contributed by atoms with Gasteiger partial charge < -0.3 is 0 Å². The Morgan fingerprint density at radius 1 is 1.00 bits per heavy atom. The Kier molecular flexibility index (Phi) is 4.03. The molecule has 2 heteroatoms. The van der Waals surface area contributed by atoms with Crippen LogP contribution in [0.5, 0.6) is 0 Å². The summed E-state index contributed by atoms with van der Waals surface area (Å²) < 4.78 is 1.10. The fourth-order valence-corrected chi connectivity index (χ4v) is 2.00. The molecule has 0 heterocycles. The molecule has 0 saturated heterocycles. The molecule has 86 valence electrons. The third kappa shape index (κ3) is 3.45. The van der Waals surface area contributed by atoms with Crippen molar-refractivity contribution in [2.45, 2.75) is 6.92 Å². The summed E-state index contributed by atoms with van der Waals surface area (Å²) in [5.74, 6) is 0. The molecule has 0 aliphatic carbocycles. The monoisotopic (exact) mass is 306 g/mol. The molecule has 0 spiro atoms. The van der Waals surface area contributed by atoms with Crippen LogP contribution in [0, 0.1) is 0 Å². The minimum absolute atomic E-state index is 0.769. The molecule has 0 nitrogen and oxygen atoms in total. The van der Waals surface area contributed by atoms with Crippen LogP contribution in [0.25, 0.3) is 11.6 Å². The molecule has 17 heavy (non-hydrogen) atoms. The van der Waals surface area contributed by atoms with E-state index in [0.29, 0.717) is 0 Å². The number of allylic oxidation sites excluding steroid dienone is 1. The lowest BCUT2D eigenvalue weighted by Gasteiger charge is -2.02. The number of rotatable bonds is 2. The molecule has 0 saturated carbocycles. The van der Waals surface area contributed by atoms with Gasteiger partial charge >= 0.3 is 0 Å². The van der Waals surface area contributed by atoms with Crippen LogP contribution in [0.4, 0.5) is 0 Å². The Bertz CT molecular complexity index is 524. The van der Waals surface area contributed by atoms with Crippen LogP contribution in [0.2, 0.25) is 5.02 Å². The van der Waals surface area contributed by atoms with Crippen molar-refractivity contribution in [3.05, 3.63) is 69.2 Å². The molecule has 0 bridgehead atoms. The summed E-state index contributed by atoms with van der Waals surface area (Å²) in [5, 5.41) is 0.769. The van der Waals surface area contributed by atoms with Gasteiger partial charge in [0.25, 0.3) is 0 Å². The molecule has 0 aliphatic rings. The molecule has 2 rings (SSSR count). The Labute approximate surface area is 115 Å². The third-order valence-electron chi connectivity index (χ3n) is 2.55. The Morgan fingerprint density at radius 3 is 2.18 bits per heavy atom. The molecular formula is C15H12BrCl. The van der Waals surface area contributed by atoms with E-state index < -0.39 is 0 Å². The molecule has 2 aromatic carbocycles. The van der Waals surface area contributed by atoms with E-state index in [0.717, 1.165) is 9.50 Å². The molecule has 0 aromatic heterocycles. The first-order chi connectivity index (χ1) is 8.15. The molecule has 0 unspecified atom stereocenters. The largest absolute Gasteiger partial charge is 0.0843 e. The summed E-state index contributed by atoms with van der Waals surface area (Å²) in [6.45, 7) is 2.10. The van der Waals surface area contributed by atoms with E-state index in [1.54, 1.807) is 0 Å². The number of benzene rings is 2. The van der Waals surface area contributed by atoms with Gasteiger partial charge in [-0.05, 0) is 47.9 Å². The van der Waals surface area contributed by atoms with E-state index >= 15 is 0 Å². The van der Waals surface area contributed by atoms with Crippen LogP contribution in [-0.4, -0.2) is 0 Å². The summed E-state index contributed by atoms with van der Waals surface area (Å²) >= 11 is 9.30. The Balaban J connectivity index is 2.27. The summed E-state index contributed by atoms with van der Waals surface area (Å²) in [6.07, 6.45) is 2.16. The fraction of sp³-hybridized carbons (Fsp3) is 0.0667. The first kappa shape index (κ1) is 12.4. The highest BCUT2D eigenvalue weighted by atomic mass is 79.9. The minimum Gasteiger partial charge on any atom is -0.0843 e. The highest BCUT2D eigenvalue weighted by Gasteiger charge is 1.96. The van der Waals surface area contributed by atoms with Crippen LogP contribution in [-0.2, 0) is 0 Å². The van der Waals surface area contributed by atoms with Crippen LogP contribution in [0.1, 0.15) is 18.1 Å². The minimum atomic E-state index is 0.769. The zero-order valence-corrected chi connectivity index (χ0v) is 11.8. The van der Waals surface area contributed by atoms with E-state index in [1.165, 1.54) is 16.7 Å². The third-order valence-corrected chi connectivity index (χ3v) is 3.33. The van der Waals surface area contributed by atoms with Gasteiger partial charge in [0.05, 0.1) is 0 Å². The van der Waals surface area contributed by atoms with Crippen molar-refractivity contribution in [1.29, 1.82) is 0 Å². The normalized spacial score (nSPS) is 11.6. The Morgan fingerprint density at radius 2 is 1.59 bits per heavy atom. The average molecular weight is 308 g/mol. The lowest BCUT2D eigenvalue weighted by atomic mass is 10.0. The zero-order valence-electron chi connectivity index (χ0n) is 9.45. The number of hydrogen-bond acceptors (Lipinski definition) is 0. The molecular weight excluding hydrogens is 296 g/mol. The highest BCUT2D eigenvalue weighted by molar-refractivity contribution is 9.10. The lowest BCUT2D eigenvalue weighted by Crippen LogP contribution is -1.79. The van der Waals surface area contributed by atoms with Gasteiger partial charge in [-0.25, -0.2) is 0 Å². The smallest absolute Gasteiger partial charge is 0.0406 e. The second-order valence-electron chi connectivity index (χ2n) is 3.89. The van der Waals surface area contributed by atoms with Crippen LogP contribution in [0.15, 0.2) is 53.0 Å². The van der Waals surface area contributed by atoms with E-state index in [9.17, 15) is 0 Å². The SMILES string of the molecule is C/C(=C\c1ccc(Br)cc1)c1ccc(Cl)cc1. The van der Waals surface area contributed by atoms with Crippen molar-refractivity contribution in [2.24, 2.45) is 0 Å². The summed E-state index contributed by atoms with van der Waals surface area (Å²) in [4.78, 5) is 0. The highest BCUT2D eigenvalue weighted by Crippen LogP contribution is 2.20. The van der Waals surface area contributed by atoms with Crippen molar-refractivity contribution >= 4 is 39.2 Å². The lowest BCUT2D eigenvalue weighted by molar-refractivity contribution is 1.56. The standard InChI is InChI=1S/C15H12BrCl/c1-11(13-4-8-15(17)9-5-13)10-12-2-6-14(16)7-3-12/h2-10H,1H3/b11-10+. The predicted octanol–water partition coefficient (Wildman–Crippen LogP) is 5.66. The van der Waals surface area contributed by atoms with Crippen molar-refractivity contribution in [3.8, 4) is 0 Å². The van der Waals surface area contributed by atoms with Crippen molar-refractivity contribution in [3.63, 3.8) is 0 Å². The van der Waals surface area contributed by atoms with Gasteiger partial charge in [0.15, 0.2) is 0 Å². The molecule has 0 atom stereocenters. The van der Waals surface area contributed by atoms with Crippen LogP contribution < -0.4 is 0 Å². The first-order valence-corrected chi connectivity index (χ1v) is 6.52. The quantitative estimate of drug-likeness (QED) is 0.628. The number of hydrogen-bond donors (Lipinski definition) is 0. The van der Waals surface area contributed by atoms with E-state index in [1.807, 2.05) is 36.4 Å². The molecule has 0 amide bonds. The molecule has 0 radical (unpaired) electrons. The fourth-order valence-electron chi connectivity index (χ4n) is 1.61. The Hall–Kier alpha value is -1.05. The van der Waals surface area contributed by atoms with Crippen LogP contribution >= 0.6 is 27.5 Å². The summed E-state index contributed by atoms with van der Waals surface area (Å²) in [5.41, 5.74) is 3.61. The topological polar surface area (TPSA) is 0 Å². The second kappa shape index (κ2) is 5.52. The van der Waals surface area contributed by atoms with Gasteiger partial charge in [-0.15, -0.1) is 0 Å². The summed E-state index contributed by atoms with van der Waals surface area (Å²) in [7, 11) is 0. The number of halogens is 2. The van der Waals surface area contributed by atoms with Gasteiger partial charge in [-0.3, -0.25) is 0 Å². The molecule has 0 N–H and O–H groups in total. The summed E-state index contributed by atoms with van der Waals surface area (Å²) in [6, 6.07) is 16.2. The predicted molar refractivity (Wildman–Crippen MR) is 79.1 cm³/mol. The van der Waals surface area contributed by atoms with Crippen molar-refractivity contribution < 1.29 is 0 Å². The van der Waals surface area contributed by atoms with Crippen molar-refractivity contribution in [1.82, 2.24) is 0 Å².